The fourth-order valence-corrected chi connectivity index (χ4v) is 2.26. The maximum absolute atomic E-state index is 13.4. The summed E-state index contributed by atoms with van der Waals surface area (Å²) < 4.78 is 36.9. The molecule has 0 bridgehead atoms. The summed E-state index contributed by atoms with van der Waals surface area (Å²) >= 11 is 0. The Morgan fingerprint density at radius 3 is 2.83 bits per heavy atom. The van der Waals surface area contributed by atoms with Crippen LogP contribution in [0, 0.1) is 11.6 Å². The van der Waals surface area contributed by atoms with Gasteiger partial charge in [0, 0.05) is 12.6 Å². The molecule has 1 saturated heterocycles. The second-order valence-electron chi connectivity index (χ2n) is 5.36. The monoisotopic (exact) mass is 350 g/mol. The van der Waals surface area contributed by atoms with E-state index in [-0.39, 0.29) is 42.8 Å². The number of carbonyl (C=O) groups excluding carboxylic acids is 1. The van der Waals surface area contributed by atoms with Crippen LogP contribution in [-0.4, -0.2) is 37.3 Å². The van der Waals surface area contributed by atoms with Gasteiger partial charge in [-0.15, -0.1) is 12.4 Å². The second-order valence-corrected chi connectivity index (χ2v) is 5.36. The number of nitrogens with one attached hydrogen (secondary N) is 1. The predicted molar refractivity (Wildman–Crippen MR) is 83.7 cm³/mol. The molecule has 0 aliphatic carbocycles. The van der Waals surface area contributed by atoms with Crippen molar-refractivity contribution >= 4 is 18.3 Å². The zero-order valence-electron chi connectivity index (χ0n) is 12.8. The molecule has 0 spiro atoms. The highest BCUT2D eigenvalue weighted by molar-refractivity contribution is 5.85. The molecular formula is C15H21ClF2N2O3. The van der Waals surface area contributed by atoms with Gasteiger partial charge in [0.2, 0.25) is 5.91 Å². The van der Waals surface area contributed by atoms with Gasteiger partial charge in [0.05, 0.1) is 12.1 Å². The first kappa shape index (κ1) is 19.6. The zero-order valence-corrected chi connectivity index (χ0v) is 13.6. The van der Waals surface area contributed by atoms with Crippen LogP contribution in [0.15, 0.2) is 18.2 Å². The largest absolute Gasteiger partial charge is 0.488 e. The Labute approximate surface area is 139 Å². The quantitative estimate of drug-likeness (QED) is 0.820. The van der Waals surface area contributed by atoms with Crippen molar-refractivity contribution in [1.29, 1.82) is 0 Å². The highest BCUT2D eigenvalue weighted by Crippen LogP contribution is 2.19. The van der Waals surface area contributed by atoms with E-state index in [0.29, 0.717) is 13.0 Å². The normalized spacial score (nSPS) is 21.4. The van der Waals surface area contributed by atoms with Gasteiger partial charge in [0.25, 0.3) is 0 Å². The molecule has 5 nitrogen and oxygen atoms in total. The number of hydrogen-bond acceptors (Lipinski definition) is 4. The van der Waals surface area contributed by atoms with Crippen molar-refractivity contribution in [2.24, 2.45) is 5.73 Å². The van der Waals surface area contributed by atoms with Gasteiger partial charge in [-0.25, -0.2) is 8.78 Å². The van der Waals surface area contributed by atoms with E-state index in [1.807, 2.05) is 0 Å². The van der Waals surface area contributed by atoms with Crippen LogP contribution in [0.1, 0.15) is 19.8 Å². The van der Waals surface area contributed by atoms with Crippen LogP contribution >= 0.6 is 12.4 Å². The van der Waals surface area contributed by atoms with Crippen molar-refractivity contribution in [3.8, 4) is 5.75 Å². The molecule has 1 aliphatic rings. The van der Waals surface area contributed by atoms with Crippen LogP contribution in [0.5, 0.6) is 5.75 Å². The highest BCUT2D eigenvalue weighted by atomic mass is 35.5. The maximum Gasteiger partial charge on any atom is 0.249 e. The van der Waals surface area contributed by atoms with E-state index in [4.69, 9.17) is 15.2 Å². The molecule has 1 aliphatic heterocycles. The summed E-state index contributed by atoms with van der Waals surface area (Å²) in [4.78, 5) is 12.0. The summed E-state index contributed by atoms with van der Waals surface area (Å²) in [6.07, 6.45) is 0.822. The van der Waals surface area contributed by atoms with Crippen LogP contribution in [0.25, 0.3) is 0 Å². The Morgan fingerprint density at radius 1 is 1.48 bits per heavy atom. The Balaban J connectivity index is 0.00000264. The molecule has 1 heterocycles. The van der Waals surface area contributed by atoms with Crippen molar-refractivity contribution in [2.45, 2.75) is 38.0 Å². The van der Waals surface area contributed by atoms with Crippen LogP contribution in [0.4, 0.5) is 8.78 Å². The first-order valence-electron chi connectivity index (χ1n) is 7.23. The lowest BCUT2D eigenvalue weighted by molar-refractivity contribution is -0.132. The predicted octanol–water partition coefficient (Wildman–Crippen LogP) is 1.78. The topological polar surface area (TPSA) is 73.6 Å². The molecule has 2 rings (SSSR count). The molecule has 3 atom stereocenters. The van der Waals surface area contributed by atoms with E-state index in [2.05, 4.69) is 5.32 Å². The van der Waals surface area contributed by atoms with E-state index in [9.17, 15) is 13.6 Å². The van der Waals surface area contributed by atoms with Gasteiger partial charge in [-0.3, -0.25) is 4.79 Å². The smallest absolute Gasteiger partial charge is 0.249 e. The molecule has 0 saturated carbocycles. The first-order chi connectivity index (χ1) is 10.5. The van der Waals surface area contributed by atoms with Gasteiger partial charge in [0.15, 0.2) is 11.6 Å². The molecule has 0 aromatic heterocycles. The minimum Gasteiger partial charge on any atom is -0.488 e. The molecule has 8 heteroatoms. The number of hydrogen-bond donors (Lipinski definition) is 2. The van der Waals surface area contributed by atoms with E-state index >= 15 is 0 Å². The number of benzene rings is 1. The minimum absolute atomic E-state index is 0. The molecule has 1 unspecified atom stereocenters. The molecule has 1 amide bonds. The summed E-state index contributed by atoms with van der Waals surface area (Å²) in [6.45, 7) is 2.20. The average molecular weight is 351 g/mol. The Hall–Kier alpha value is -1.44. The third-order valence-corrected chi connectivity index (χ3v) is 3.43. The summed E-state index contributed by atoms with van der Waals surface area (Å²) in [5, 5.41) is 2.74. The van der Waals surface area contributed by atoms with Crippen LogP contribution in [0.2, 0.25) is 0 Å². The Kier molecular flexibility index (Phi) is 7.67. The molecule has 0 radical (unpaired) electrons. The molecule has 1 aromatic rings. The molecule has 1 aromatic carbocycles. The van der Waals surface area contributed by atoms with E-state index in [1.165, 1.54) is 6.07 Å². The minimum atomic E-state index is -0.775. The number of amides is 1. The van der Waals surface area contributed by atoms with Crippen LogP contribution in [0.3, 0.4) is 0 Å². The Bertz CT molecular complexity index is 533. The number of ether oxygens (including phenoxy) is 2. The van der Waals surface area contributed by atoms with Crippen molar-refractivity contribution in [3.05, 3.63) is 29.8 Å². The SMILES string of the molecule is CC(COc1ccc(F)cc1F)NC(=O)[C@@H]1CC[C@H](CN)O1.Cl. The molecule has 3 N–H and O–H groups in total. The number of nitrogens with two attached hydrogens (primary N) is 1. The zero-order chi connectivity index (χ0) is 16.1. The third kappa shape index (κ3) is 5.60. The van der Waals surface area contributed by atoms with Gasteiger partial charge in [-0.2, -0.15) is 0 Å². The van der Waals surface area contributed by atoms with Crippen molar-refractivity contribution < 1.29 is 23.0 Å². The fraction of sp³-hybridized carbons (Fsp3) is 0.533. The lowest BCUT2D eigenvalue weighted by Crippen LogP contribution is -2.43. The fourth-order valence-electron chi connectivity index (χ4n) is 2.26. The summed E-state index contributed by atoms with van der Waals surface area (Å²) in [5.41, 5.74) is 5.50. The van der Waals surface area contributed by atoms with Crippen LogP contribution < -0.4 is 15.8 Å². The van der Waals surface area contributed by atoms with Gasteiger partial charge in [-0.05, 0) is 31.9 Å². The Morgan fingerprint density at radius 2 is 2.22 bits per heavy atom. The van der Waals surface area contributed by atoms with Gasteiger partial charge in [0.1, 0.15) is 18.5 Å². The highest BCUT2D eigenvalue weighted by Gasteiger charge is 2.30. The number of carbonyl (C=O) groups is 1. The van der Waals surface area contributed by atoms with Crippen molar-refractivity contribution in [3.63, 3.8) is 0 Å². The number of halogens is 3. The lowest BCUT2D eigenvalue weighted by atomic mass is 10.2. The summed E-state index contributed by atoms with van der Waals surface area (Å²) in [5.74, 6) is -1.73. The molecule has 23 heavy (non-hydrogen) atoms. The third-order valence-electron chi connectivity index (χ3n) is 3.43. The number of rotatable bonds is 6. The first-order valence-corrected chi connectivity index (χ1v) is 7.23. The van der Waals surface area contributed by atoms with Gasteiger partial charge in [-0.1, -0.05) is 0 Å². The maximum atomic E-state index is 13.4. The average Bonchev–Trinajstić information content (AvgIpc) is 2.95. The second kappa shape index (κ2) is 9.00. The molecular weight excluding hydrogens is 330 g/mol. The summed E-state index contributed by atoms with van der Waals surface area (Å²) in [6, 6.07) is 2.74. The standard InChI is InChI=1S/C15H20F2N2O3.ClH/c1-9(8-21-13-4-2-10(16)6-12(13)17)19-15(20)14-5-3-11(7-18)22-14;/h2,4,6,9,11,14H,3,5,7-8,18H2,1H3,(H,19,20);1H/t9?,11-,14+;/m1./s1. The lowest BCUT2D eigenvalue weighted by Gasteiger charge is -2.18. The van der Waals surface area contributed by atoms with Gasteiger partial charge >= 0.3 is 0 Å². The van der Waals surface area contributed by atoms with Gasteiger partial charge < -0.3 is 20.5 Å². The van der Waals surface area contributed by atoms with E-state index < -0.39 is 17.7 Å². The van der Waals surface area contributed by atoms with Crippen molar-refractivity contribution in [1.82, 2.24) is 5.32 Å². The van der Waals surface area contributed by atoms with Crippen LogP contribution in [-0.2, 0) is 9.53 Å². The molecule has 130 valence electrons. The molecule has 1 fully saturated rings. The van der Waals surface area contributed by atoms with E-state index in [1.54, 1.807) is 6.92 Å². The van der Waals surface area contributed by atoms with E-state index in [0.717, 1.165) is 18.6 Å². The van der Waals surface area contributed by atoms with Crippen molar-refractivity contribution in [2.75, 3.05) is 13.2 Å². The summed E-state index contributed by atoms with van der Waals surface area (Å²) in [7, 11) is 0.